The third-order valence-electron chi connectivity index (χ3n) is 2.88. The number of aliphatic hydroxyl groups is 1. The molecule has 0 bridgehead atoms. The van der Waals surface area contributed by atoms with E-state index >= 15 is 0 Å². The van der Waals surface area contributed by atoms with Gasteiger partial charge in [-0.2, -0.15) is 0 Å². The molecule has 0 heterocycles. The Morgan fingerprint density at radius 1 is 0.750 bits per heavy atom. The molecule has 106 valence electrons. The lowest BCUT2D eigenvalue weighted by molar-refractivity contribution is -0.114. The molecule has 1 aromatic rings. The number of phenols is 3. The number of aliphatic hydroxyl groups excluding tert-OH is 1. The topological polar surface area (TPSA) is 134 Å². The molecule has 1 aliphatic carbocycles. The summed E-state index contributed by atoms with van der Waals surface area (Å²) in [5, 5.41) is 39.2. The highest BCUT2D eigenvalue weighted by Crippen LogP contribution is 2.51. The number of phenolic OH excluding ortho intramolecular Hbond substituents is 3. The van der Waals surface area contributed by atoms with Crippen LogP contribution in [0.5, 0.6) is 23.0 Å². The number of benzene rings is 1. The second kappa shape index (κ2) is 4.34. The number of methoxy groups -OCH3 is 2. The molecule has 0 saturated heterocycles. The predicted octanol–water partition coefficient (Wildman–Crippen LogP) is 0.450. The van der Waals surface area contributed by atoms with Gasteiger partial charge < -0.3 is 29.9 Å². The maximum absolute atomic E-state index is 11.9. The molecule has 0 aliphatic heterocycles. The zero-order valence-electron chi connectivity index (χ0n) is 10.4. The highest BCUT2D eigenvalue weighted by Gasteiger charge is 2.41. The Morgan fingerprint density at radius 2 is 1.35 bits per heavy atom. The summed E-state index contributed by atoms with van der Waals surface area (Å²) in [5.41, 5.74) is -1.26. The molecule has 1 aromatic carbocycles. The van der Waals surface area contributed by atoms with Crippen molar-refractivity contribution in [2.75, 3.05) is 14.2 Å². The zero-order valence-corrected chi connectivity index (χ0v) is 10.4. The monoisotopic (exact) mass is 282 g/mol. The first-order valence-corrected chi connectivity index (χ1v) is 5.28. The molecular weight excluding hydrogens is 272 g/mol. The standard InChI is InChI=1S/C12H10O8/c1-19-11-7(15)3-4(5(13)9(11)17)8(16)12(20-2)10(18)6(3)14/h13,15-17H,1-2H3. The average Bonchev–Trinajstić information content (AvgIpc) is 2.41. The SMILES string of the molecule is COC1=C(O)c2c(O)c(O)c(OC)c(O)c2C(=O)C1=O. The number of carbonyl (C=O) groups is 2. The minimum Gasteiger partial charge on any atom is -0.504 e. The van der Waals surface area contributed by atoms with E-state index in [1.807, 2.05) is 0 Å². The van der Waals surface area contributed by atoms with Crippen molar-refractivity contribution in [3.05, 3.63) is 16.9 Å². The van der Waals surface area contributed by atoms with Gasteiger partial charge in [-0.25, -0.2) is 0 Å². The van der Waals surface area contributed by atoms with Gasteiger partial charge in [0, 0.05) is 0 Å². The number of ether oxygens (including phenoxy) is 2. The molecule has 2 rings (SSSR count). The van der Waals surface area contributed by atoms with Gasteiger partial charge in [0.15, 0.2) is 17.3 Å². The number of fused-ring (bicyclic) bond motifs is 1. The van der Waals surface area contributed by atoms with Gasteiger partial charge in [-0.05, 0) is 0 Å². The maximum Gasteiger partial charge on any atom is 0.272 e. The summed E-state index contributed by atoms with van der Waals surface area (Å²) < 4.78 is 9.23. The Labute approximate surface area is 112 Å². The van der Waals surface area contributed by atoms with E-state index in [0.29, 0.717) is 0 Å². The van der Waals surface area contributed by atoms with E-state index < -0.39 is 57.2 Å². The third kappa shape index (κ3) is 1.48. The molecule has 1 aliphatic rings. The van der Waals surface area contributed by atoms with Crippen LogP contribution in [0.25, 0.3) is 5.76 Å². The lowest BCUT2D eigenvalue weighted by atomic mass is 9.90. The molecular formula is C12H10O8. The number of aromatic hydroxyl groups is 3. The molecule has 0 saturated carbocycles. The van der Waals surface area contributed by atoms with E-state index in [4.69, 9.17) is 0 Å². The summed E-state index contributed by atoms with van der Waals surface area (Å²) in [6.07, 6.45) is 0. The van der Waals surface area contributed by atoms with Crippen molar-refractivity contribution in [2.45, 2.75) is 0 Å². The molecule has 0 unspecified atom stereocenters. The van der Waals surface area contributed by atoms with Crippen LogP contribution >= 0.6 is 0 Å². The van der Waals surface area contributed by atoms with Crippen molar-refractivity contribution < 1.29 is 39.5 Å². The van der Waals surface area contributed by atoms with Crippen molar-refractivity contribution in [2.24, 2.45) is 0 Å². The highest BCUT2D eigenvalue weighted by molar-refractivity contribution is 6.52. The molecule has 4 N–H and O–H groups in total. The number of ketones is 2. The summed E-state index contributed by atoms with van der Waals surface area (Å²) in [7, 11) is 2.12. The van der Waals surface area contributed by atoms with Gasteiger partial charge in [-0.3, -0.25) is 9.59 Å². The van der Waals surface area contributed by atoms with E-state index in [2.05, 4.69) is 9.47 Å². The summed E-state index contributed by atoms with van der Waals surface area (Å²) in [4.78, 5) is 23.6. The zero-order chi connectivity index (χ0) is 15.2. The molecule has 20 heavy (non-hydrogen) atoms. The van der Waals surface area contributed by atoms with Crippen molar-refractivity contribution >= 4 is 17.3 Å². The van der Waals surface area contributed by atoms with E-state index in [9.17, 15) is 30.0 Å². The van der Waals surface area contributed by atoms with Crippen LogP contribution in [-0.2, 0) is 9.53 Å². The molecule has 8 heteroatoms. The van der Waals surface area contributed by atoms with Crippen LogP contribution < -0.4 is 4.74 Å². The molecule has 0 atom stereocenters. The van der Waals surface area contributed by atoms with Crippen LogP contribution in [-0.4, -0.2) is 46.2 Å². The van der Waals surface area contributed by atoms with Crippen LogP contribution in [0.15, 0.2) is 5.76 Å². The summed E-state index contributed by atoms with van der Waals surface area (Å²) in [5.74, 6) is -7.20. The fraction of sp³-hybridized carbons (Fsp3) is 0.167. The van der Waals surface area contributed by atoms with Crippen LogP contribution in [0.1, 0.15) is 15.9 Å². The Balaban J connectivity index is 2.97. The first kappa shape index (κ1) is 13.5. The smallest absolute Gasteiger partial charge is 0.272 e. The van der Waals surface area contributed by atoms with Gasteiger partial charge in [-0.15, -0.1) is 0 Å². The van der Waals surface area contributed by atoms with Gasteiger partial charge in [0.05, 0.1) is 25.3 Å². The number of Topliss-reactive ketones (excluding diaryl/α,β-unsaturated/α-hetero) is 2. The van der Waals surface area contributed by atoms with Crippen LogP contribution in [0.2, 0.25) is 0 Å². The highest BCUT2D eigenvalue weighted by atomic mass is 16.5. The summed E-state index contributed by atoms with van der Waals surface area (Å²) in [6, 6.07) is 0. The number of rotatable bonds is 2. The van der Waals surface area contributed by atoms with Crippen LogP contribution in [0.3, 0.4) is 0 Å². The predicted molar refractivity (Wildman–Crippen MR) is 63.9 cm³/mol. The fourth-order valence-electron chi connectivity index (χ4n) is 1.96. The quantitative estimate of drug-likeness (QED) is 0.349. The van der Waals surface area contributed by atoms with Gasteiger partial charge >= 0.3 is 0 Å². The second-order valence-corrected chi connectivity index (χ2v) is 3.87. The number of allylic oxidation sites excluding steroid dienone is 1. The van der Waals surface area contributed by atoms with Crippen LogP contribution in [0.4, 0.5) is 0 Å². The minimum atomic E-state index is -1.21. The number of carbonyl (C=O) groups excluding carboxylic acids is 2. The van der Waals surface area contributed by atoms with Gasteiger partial charge in [-0.1, -0.05) is 0 Å². The average molecular weight is 282 g/mol. The molecule has 0 spiro atoms. The van der Waals surface area contributed by atoms with Gasteiger partial charge in [0.2, 0.25) is 23.0 Å². The van der Waals surface area contributed by atoms with Crippen molar-refractivity contribution in [1.82, 2.24) is 0 Å². The molecule has 0 fully saturated rings. The lowest BCUT2D eigenvalue weighted by Gasteiger charge is -2.20. The summed E-state index contributed by atoms with van der Waals surface area (Å²) in [6.45, 7) is 0. The Morgan fingerprint density at radius 3 is 1.85 bits per heavy atom. The fourth-order valence-corrected chi connectivity index (χ4v) is 1.96. The van der Waals surface area contributed by atoms with E-state index in [-0.39, 0.29) is 0 Å². The Kier molecular flexibility index (Phi) is 2.93. The third-order valence-corrected chi connectivity index (χ3v) is 2.88. The Bertz CT molecular complexity index is 671. The van der Waals surface area contributed by atoms with E-state index in [0.717, 1.165) is 14.2 Å². The van der Waals surface area contributed by atoms with E-state index in [1.54, 1.807) is 0 Å². The number of hydrogen-bond donors (Lipinski definition) is 4. The molecule has 0 radical (unpaired) electrons. The summed E-state index contributed by atoms with van der Waals surface area (Å²) >= 11 is 0. The van der Waals surface area contributed by atoms with Crippen molar-refractivity contribution in [1.29, 1.82) is 0 Å². The molecule has 0 amide bonds. The minimum absolute atomic E-state index is 0.587. The largest absolute Gasteiger partial charge is 0.504 e. The first-order chi connectivity index (χ1) is 9.36. The van der Waals surface area contributed by atoms with Crippen molar-refractivity contribution in [3.8, 4) is 23.0 Å². The van der Waals surface area contributed by atoms with Gasteiger partial charge in [0.25, 0.3) is 5.78 Å². The maximum atomic E-state index is 11.9. The molecule has 8 nitrogen and oxygen atoms in total. The second-order valence-electron chi connectivity index (χ2n) is 3.87. The number of hydrogen-bond acceptors (Lipinski definition) is 8. The lowest BCUT2D eigenvalue weighted by Crippen LogP contribution is -2.25. The van der Waals surface area contributed by atoms with Gasteiger partial charge in [0.1, 0.15) is 0 Å². The van der Waals surface area contributed by atoms with Crippen LogP contribution in [0, 0.1) is 0 Å². The van der Waals surface area contributed by atoms with Crippen molar-refractivity contribution in [3.63, 3.8) is 0 Å². The normalized spacial score (nSPS) is 14.3. The molecule has 0 aromatic heterocycles. The Hall–Kier alpha value is -2.90. The first-order valence-electron chi connectivity index (χ1n) is 5.28. The van der Waals surface area contributed by atoms with E-state index in [1.165, 1.54) is 0 Å².